The average molecular weight is 244 g/mol. The Morgan fingerprint density at radius 3 is 2.78 bits per heavy atom. The van der Waals surface area contributed by atoms with Crippen LogP contribution < -0.4 is 5.32 Å². The molecule has 0 atom stereocenters. The largest absolute Gasteiger partial charge is 0.316 e. The van der Waals surface area contributed by atoms with Crippen LogP contribution in [0.25, 0.3) is 5.69 Å². The highest BCUT2D eigenvalue weighted by Gasteiger charge is 2.10. The minimum atomic E-state index is 0.799. The van der Waals surface area contributed by atoms with Crippen LogP contribution in [0.1, 0.15) is 30.8 Å². The van der Waals surface area contributed by atoms with E-state index in [0.29, 0.717) is 0 Å². The summed E-state index contributed by atoms with van der Waals surface area (Å²) in [5, 5.41) is 7.85. The Morgan fingerprint density at radius 1 is 1.28 bits per heavy atom. The highest BCUT2D eigenvalue weighted by molar-refractivity contribution is 5.40. The van der Waals surface area contributed by atoms with Gasteiger partial charge in [0.25, 0.3) is 0 Å². The lowest BCUT2D eigenvalue weighted by molar-refractivity contribution is 0.754. The summed E-state index contributed by atoms with van der Waals surface area (Å²) < 4.78 is 2.05. The number of pyridine rings is 1. The Labute approximate surface area is 108 Å². The molecule has 4 heteroatoms. The van der Waals surface area contributed by atoms with E-state index < -0.39 is 0 Å². The van der Waals surface area contributed by atoms with Crippen molar-refractivity contribution in [2.75, 3.05) is 7.05 Å². The fourth-order valence-corrected chi connectivity index (χ4v) is 2.06. The van der Waals surface area contributed by atoms with Crippen LogP contribution in [-0.4, -0.2) is 21.8 Å². The van der Waals surface area contributed by atoms with Gasteiger partial charge in [-0.1, -0.05) is 13.8 Å². The molecular formula is C14H20N4. The smallest absolute Gasteiger partial charge is 0.0724 e. The monoisotopic (exact) mass is 244 g/mol. The maximum Gasteiger partial charge on any atom is 0.0724 e. The second-order valence-corrected chi connectivity index (χ2v) is 4.28. The minimum Gasteiger partial charge on any atom is -0.316 e. The van der Waals surface area contributed by atoms with Crippen molar-refractivity contribution in [2.45, 2.75) is 33.2 Å². The first-order valence-corrected chi connectivity index (χ1v) is 6.45. The predicted molar refractivity (Wildman–Crippen MR) is 72.9 cm³/mol. The van der Waals surface area contributed by atoms with Crippen LogP contribution in [0.5, 0.6) is 0 Å². The fraction of sp³-hybridized carbons (Fsp3) is 0.429. The molecule has 0 aromatic carbocycles. The molecule has 0 fully saturated rings. The molecule has 96 valence electrons. The Morgan fingerprint density at radius 2 is 2.11 bits per heavy atom. The maximum absolute atomic E-state index is 4.67. The van der Waals surface area contributed by atoms with Gasteiger partial charge >= 0.3 is 0 Å². The molecule has 2 aromatic heterocycles. The van der Waals surface area contributed by atoms with Crippen LogP contribution in [-0.2, 0) is 19.4 Å². The molecule has 0 saturated carbocycles. The van der Waals surface area contributed by atoms with E-state index >= 15 is 0 Å². The lowest BCUT2D eigenvalue weighted by Gasteiger charge is -2.11. The van der Waals surface area contributed by atoms with E-state index in [0.717, 1.165) is 30.8 Å². The molecule has 1 N–H and O–H groups in total. The number of nitrogens with one attached hydrogen (secondary N) is 1. The number of aryl methyl sites for hydroxylation is 2. The van der Waals surface area contributed by atoms with Gasteiger partial charge in [-0.2, -0.15) is 5.10 Å². The van der Waals surface area contributed by atoms with Crippen molar-refractivity contribution in [3.8, 4) is 5.69 Å². The topological polar surface area (TPSA) is 42.7 Å². The van der Waals surface area contributed by atoms with E-state index in [-0.39, 0.29) is 0 Å². The fourth-order valence-electron chi connectivity index (χ4n) is 2.06. The van der Waals surface area contributed by atoms with Gasteiger partial charge < -0.3 is 5.32 Å². The van der Waals surface area contributed by atoms with Crippen molar-refractivity contribution in [3.05, 3.63) is 41.5 Å². The molecule has 0 aliphatic carbocycles. The number of hydrogen-bond acceptors (Lipinski definition) is 3. The maximum atomic E-state index is 4.67. The van der Waals surface area contributed by atoms with Crippen molar-refractivity contribution in [3.63, 3.8) is 0 Å². The first-order chi connectivity index (χ1) is 8.80. The molecule has 0 saturated heterocycles. The highest BCUT2D eigenvalue weighted by Crippen LogP contribution is 2.17. The lowest BCUT2D eigenvalue weighted by Crippen LogP contribution is -2.11. The zero-order chi connectivity index (χ0) is 13.0. The number of nitrogens with zero attached hydrogens (tertiary/aromatic N) is 3. The molecule has 0 aliphatic rings. The average Bonchev–Trinajstić information content (AvgIpc) is 2.83. The second kappa shape index (κ2) is 5.78. The van der Waals surface area contributed by atoms with Crippen LogP contribution in [0, 0.1) is 0 Å². The summed E-state index contributed by atoms with van der Waals surface area (Å²) in [4.78, 5) is 4.19. The van der Waals surface area contributed by atoms with Gasteiger partial charge in [-0.3, -0.25) is 4.98 Å². The van der Waals surface area contributed by atoms with Gasteiger partial charge in [-0.25, -0.2) is 4.68 Å². The summed E-state index contributed by atoms with van der Waals surface area (Å²) in [6, 6.07) is 4.21. The Hall–Kier alpha value is -1.68. The summed E-state index contributed by atoms with van der Waals surface area (Å²) in [6.07, 6.45) is 5.67. The van der Waals surface area contributed by atoms with Gasteiger partial charge in [0, 0.05) is 30.2 Å². The van der Waals surface area contributed by atoms with Gasteiger partial charge in [0.1, 0.15) is 0 Å². The first-order valence-electron chi connectivity index (χ1n) is 6.45. The molecule has 0 unspecified atom stereocenters. The van der Waals surface area contributed by atoms with E-state index in [4.69, 9.17) is 0 Å². The summed E-state index contributed by atoms with van der Waals surface area (Å²) in [7, 11) is 1.94. The molecule has 0 aliphatic heterocycles. The van der Waals surface area contributed by atoms with Crippen LogP contribution in [0.3, 0.4) is 0 Å². The van der Waals surface area contributed by atoms with E-state index in [1.807, 2.05) is 30.2 Å². The Balaban J connectivity index is 2.50. The zero-order valence-electron chi connectivity index (χ0n) is 11.3. The first kappa shape index (κ1) is 12.8. The molecule has 2 aromatic rings. The van der Waals surface area contributed by atoms with E-state index in [1.54, 1.807) is 0 Å². The summed E-state index contributed by atoms with van der Waals surface area (Å²) in [5.41, 5.74) is 4.67. The van der Waals surface area contributed by atoms with Crippen molar-refractivity contribution >= 4 is 0 Å². The van der Waals surface area contributed by atoms with Gasteiger partial charge in [-0.15, -0.1) is 0 Å². The molecule has 18 heavy (non-hydrogen) atoms. The second-order valence-electron chi connectivity index (χ2n) is 4.28. The molecular weight excluding hydrogens is 224 g/mol. The quantitative estimate of drug-likeness (QED) is 0.876. The Kier molecular flexibility index (Phi) is 4.10. The normalized spacial score (nSPS) is 10.8. The molecule has 0 spiro atoms. The van der Waals surface area contributed by atoms with Crippen molar-refractivity contribution in [1.82, 2.24) is 20.1 Å². The van der Waals surface area contributed by atoms with E-state index in [9.17, 15) is 0 Å². The molecule has 4 nitrogen and oxygen atoms in total. The third kappa shape index (κ3) is 2.43. The third-order valence-corrected chi connectivity index (χ3v) is 3.03. The summed E-state index contributed by atoms with van der Waals surface area (Å²) in [5.74, 6) is 0. The lowest BCUT2D eigenvalue weighted by atomic mass is 10.2. The summed E-state index contributed by atoms with van der Waals surface area (Å²) >= 11 is 0. The van der Waals surface area contributed by atoms with E-state index in [2.05, 4.69) is 35.3 Å². The SMILES string of the molecule is CCc1cc(CC)n(-c2ccncc2CNC)n1. The zero-order valence-corrected chi connectivity index (χ0v) is 11.3. The summed E-state index contributed by atoms with van der Waals surface area (Å²) in [6.45, 7) is 5.09. The van der Waals surface area contributed by atoms with Crippen molar-refractivity contribution < 1.29 is 0 Å². The molecule has 0 amide bonds. The predicted octanol–water partition coefficient (Wildman–Crippen LogP) is 2.11. The number of aromatic nitrogens is 3. The van der Waals surface area contributed by atoms with Crippen LogP contribution in [0.4, 0.5) is 0 Å². The van der Waals surface area contributed by atoms with Gasteiger partial charge in [0.05, 0.1) is 11.4 Å². The third-order valence-electron chi connectivity index (χ3n) is 3.03. The van der Waals surface area contributed by atoms with Crippen LogP contribution in [0.15, 0.2) is 24.5 Å². The number of rotatable bonds is 5. The molecule has 2 heterocycles. The Bertz CT molecular complexity index is 516. The van der Waals surface area contributed by atoms with Gasteiger partial charge in [0.15, 0.2) is 0 Å². The van der Waals surface area contributed by atoms with Crippen LogP contribution in [0.2, 0.25) is 0 Å². The molecule has 2 rings (SSSR count). The van der Waals surface area contributed by atoms with Gasteiger partial charge in [-0.05, 0) is 32.0 Å². The highest BCUT2D eigenvalue weighted by atomic mass is 15.3. The number of hydrogen-bond donors (Lipinski definition) is 1. The molecule has 0 radical (unpaired) electrons. The minimum absolute atomic E-state index is 0.799. The van der Waals surface area contributed by atoms with Crippen molar-refractivity contribution in [2.24, 2.45) is 0 Å². The van der Waals surface area contributed by atoms with E-state index in [1.165, 1.54) is 11.3 Å². The van der Waals surface area contributed by atoms with Crippen molar-refractivity contribution in [1.29, 1.82) is 0 Å². The standard InChI is InChI=1S/C14H20N4/c1-4-12-8-13(5-2)18(17-12)14-6-7-16-10-11(14)9-15-3/h6-8,10,15H,4-5,9H2,1-3H3. The van der Waals surface area contributed by atoms with Crippen LogP contribution >= 0.6 is 0 Å². The molecule has 0 bridgehead atoms. The van der Waals surface area contributed by atoms with Gasteiger partial charge in [0.2, 0.25) is 0 Å².